The van der Waals surface area contributed by atoms with E-state index in [0.717, 1.165) is 18.5 Å². The number of hydrogen-bond donors (Lipinski definition) is 1. The summed E-state index contributed by atoms with van der Waals surface area (Å²) in [5.41, 5.74) is 4.15. The van der Waals surface area contributed by atoms with Crippen LogP contribution >= 0.6 is 0 Å². The van der Waals surface area contributed by atoms with Crippen molar-refractivity contribution in [3.05, 3.63) is 35.0 Å². The van der Waals surface area contributed by atoms with Gasteiger partial charge in [0, 0.05) is 10.9 Å². The molecule has 2 aromatic rings. The van der Waals surface area contributed by atoms with Crippen LogP contribution in [0.5, 0.6) is 0 Å². The minimum absolute atomic E-state index is 0.216. The summed E-state index contributed by atoms with van der Waals surface area (Å²) in [7, 11) is 0. The van der Waals surface area contributed by atoms with Crippen LogP contribution in [0.15, 0.2) is 18.2 Å². The molecule has 1 atom stereocenters. The number of aromatic nitrogens is 1. The van der Waals surface area contributed by atoms with Gasteiger partial charge in [-0.15, -0.1) is 0 Å². The second kappa shape index (κ2) is 5.76. The summed E-state index contributed by atoms with van der Waals surface area (Å²) in [6, 6.07) is 6.40. The number of para-hydroxylation sites is 1. The number of esters is 1. The number of carbonyl (C=O) groups excluding carboxylic acids is 1. The zero-order chi connectivity index (χ0) is 15.7. The summed E-state index contributed by atoms with van der Waals surface area (Å²) in [5.74, 6) is -0.216. The molecular weight excluding hydrogens is 278 g/mol. The number of rotatable bonds is 4. The molecular formula is C18H23NO3. The Balaban J connectivity index is 2.08. The fraction of sp³-hybridized carbons (Fsp3) is 0.500. The number of fused-ring (bicyclic) bond motifs is 3. The molecule has 2 heterocycles. The van der Waals surface area contributed by atoms with Gasteiger partial charge in [-0.05, 0) is 37.8 Å². The van der Waals surface area contributed by atoms with Crippen molar-refractivity contribution in [3.8, 4) is 0 Å². The number of carbonyl (C=O) groups is 1. The third-order valence-electron chi connectivity index (χ3n) is 4.50. The fourth-order valence-corrected chi connectivity index (χ4v) is 3.42. The van der Waals surface area contributed by atoms with Crippen molar-refractivity contribution in [2.45, 2.75) is 45.6 Å². The molecule has 0 fully saturated rings. The molecule has 0 saturated carbocycles. The van der Waals surface area contributed by atoms with Crippen molar-refractivity contribution in [3.63, 3.8) is 0 Å². The number of aromatic amines is 1. The van der Waals surface area contributed by atoms with Gasteiger partial charge in [-0.2, -0.15) is 0 Å². The molecule has 4 heteroatoms. The molecule has 1 aliphatic heterocycles. The predicted molar refractivity (Wildman–Crippen MR) is 85.9 cm³/mol. The molecule has 1 N–H and O–H groups in total. The van der Waals surface area contributed by atoms with Crippen LogP contribution in [-0.4, -0.2) is 24.2 Å². The van der Waals surface area contributed by atoms with E-state index in [0.29, 0.717) is 13.2 Å². The maximum Gasteiger partial charge on any atom is 0.309 e. The number of hydrogen-bond acceptors (Lipinski definition) is 3. The molecule has 4 nitrogen and oxygen atoms in total. The first-order valence-corrected chi connectivity index (χ1v) is 8.01. The van der Waals surface area contributed by atoms with Crippen LogP contribution in [0.2, 0.25) is 0 Å². The summed E-state index contributed by atoms with van der Waals surface area (Å²) in [6.07, 6.45) is 2.09. The molecule has 0 spiro atoms. The molecule has 1 aromatic carbocycles. The Morgan fingerprint density at radius 2 is 2.23 bits per heavy atom. The third kappa shape index (κ3) is 2.41. The van der Waals surface area contributed by atoms with Gasteiger partial charge < -0.3 is 14.5 Å². The quantitative estimate of drug-likeness (QED) is 0.880. The predicted octanol–water partition coefficient (Wildman–Crippen LogP) is 3.47. The second-order valence-electron chi connectivity index (χ2n) is 5.98. The SMILES string of the molecule is CCOC(=O)C[C@]1(C)OCCc2c1[nH]c1c(CC)cccc21. The van der Waals surface area contributed by atoms with Crippen LogP contribution in [0.3, 0.4) is 0 Å². The monoisotopic (exact) mass is 301 g/mol. The van der Waals surface area contributed by atoms with E-state index in [1.807, 2.05) is 13.8 Å². The lowest BCUT2D eigenvalue weighted by molar-refractivity contribution is -0.152. The van der Waals surface area contributed by atoms with Crippen molar-refractivity contribution >= 4 is 16.9 Å². The minimum Gasteiger partial charge on any atom is -0.466 e. The Bertz CT molecular complexity index is 704. The zero-order valence-electron chi connectivity index (χ0n) is 13.5. The van der Waals surface area contributed by atoms with E-state index in [2.05, 4.69) is 30.1 Å². The van der Waals surface area contributed by atoms with E-state index in [1.54, 1.807) is 0 Å². The maximum absolute atomic E-state index is 11.9. The van der Waals surface area contributed by atoms with Crippen molar-refractivity contribution in [1.29, 1.82) is 0 Å². The highest BCUT2D eigenvalue weighted by Crippen LogP contribution is 2.39. The smallest absolute Gasteiger partial charge is 0.309 e. The number of ether oxygens (including phenoxy) is 2. The first-order chi connectivity index (χ1) is 10.6. The van der Waals surface area contributed by atoms with Crippen LogP contribution in [0.4, 0.5) is 0 Å². The van der Waals surface area contributed by atoms with Gasteiger partial charge in [0.05, 0.1) is 25.3 Å². The highest BCUT2D eigenvalue weighted by atomic mass is 16.5. The molecule has 0 saturated heterocycles. The molecule has 0 amide bonds. The number of benzene rings is 1. The standard InChI is InChI=1S/C18H23NO3/c1-4-12-7-6-8-13-14-9-10-22-18(3,11-15(20)21-5-2)17(14)19-16(12)13/h6-8,19H,4-5,9-11H2,1-3H3/t18-/m0/s1. The Kier molecular flexibility index (Phi) is 3.96. The molecule has 0 aliphatic carbocycles. The number of aryl methyl sites for hydroxylation is 1. The van der Waals surface area contributed by atoms with E-state index >= 15 is 0 Å². The lowest BCUT2D eigenvalue weighted by Gasteiger charge is -2.33. The van der Waals surface area contributed by atoms with E-state index in [4.69, 9.17) is 9.47 Å². The summed E-state index contributed by atoms with van der Waals surface area (Å²) < 4.78 is 11.1. The highest BCUT2D eigenvalue weighted by Gasteiger charge is 2.38. The molecule has 22 heavy (non-hydrogen) atoms. The molecule has 0 unspecified atom stereocenters. The minimum atomic E-state index is -0.635. The van der Waals surface area contributed by atoms with Crippen molar-refractivity contribution in [2.75, 3.05) is 13.2 Å². The lowest BCUT2D eigenvalue weighted by atomic mass is 9.90. The van der Waals surface area contributed by atoms with Gasteiger partial charge >= 0.3 is 5.97 Å². The topological polar surface area (TPSA) is 51.3 Å². The zero-order valence-corrected chi connectivity index (χ0v) is 13.5. The maximum atomic E-state index is 11.9. The van der Waals surface area contributed by atoms with Crippen molar-refractivity contribution in [1.82, 2.24) is 4.98 Å². The van der Waals surface area contributed by atoms with E-state index < -0.39 is 5.60 Å². The largest absolute Gasteiger partial charge is 0.466 e. The summed E-state index contributed by atoms with van der Waals surface area (Å²) in [5, 5.41) is 1.26. The van der Waals surface area contributed by atoms with Gasteiger partial charge in [0.1, 0.15) is 5.60 Å². The van der Waals surface area contributed by atoms with Gasteiger partial charge in [-0.25, -0.2) is 0 Å². The molecule has 1 aliphatic rings. The highest BCUT2D eigenvalue weighted by molar-refractivity contribution is 5.88. The average Bonchev–Trinajstić information content (AvgIpc) is 2.88. The fourth-order valence-electron chi connectivity index (χ4n) is 3.42. The summed E-state index contributed by atoms with van der Waals surface area (Å²) in [4.78, 5) is 15.5. The van der Waals surface area contributed by atoms with Crippen LogP contribution in [0.1, 0.15) is 44.0 Å². The Labute approximate surface area is 130 Å². The number of H-pyrrole nitrogens is 1. The van der Waals surface area contributed by atoms with Crippen molar-refractivity contribution < 1.29 is 14.3 Å². The Hall–Kier alpha value is -1.81. The van der Waals surface area contributed by atoms with E-state index in [9.17, 15) is 4.79 Å². The van der Waals surface area contributed by atoms with Gasteiger partial charge in [-0.1, -0.05) is 25.1 Å². The first-order valence-electron chi connectivity index (χ1n) is 8.01. The molecule has 118 valence electrons. The molecule has 0 radical (unpaired) electrons. The number of nitrogens with one attached hydrogen (secondary N) is 1. The lowest BCUT2D eigenvalue weighted by Crippen LogP contribution is -2.35. The third-order valence-corrected chi connectivity index (χ3v) is 4.50. The first kappa shape index (κ1) is 15.1. The second-order valence-corrected chi connectivity index (χ2v) is 5.98. The Morgan fingerprint density at radius 1 is 1.41 bits per heavy atom. The summed E-state index contributed by atoms with van der Waals surface area (Å²) >= 11 is 0. The molecule has 1 aromatic heterocycles. The van der Waals surface area contributed by atoms with E-state index in [-0.39, 0.29) is 12.4 Å². The average molecular weight is 301 g/mol. The van der Waals surface area contributed by atoms with Gasteiger partial charge in [0.2, 0.25) is 0 Å². The molecule has 3 rings (SSSR count). The van der Waals surface area contributed by atoms with Crippen LogP contribution < -0.4 is 0 Å². The normalized spacial score (nSPS) is 20.9. The van der Waals surface area contributed by atoms with Crippen molar-refractivity contribution in [2.24, 2.45) is 0 Å². The van der Waals surface area contributed by atoms with Gasteiger partial charge in [0.25, 0.3) is 0 Å². The van der Waals surface area contributed by atoms with Crippen LogP contribution in [0, 0.1) is 0 Å². The molecule has 0 bridgehead atoms. The summed E-state index contributed by atoms with van der Waals surface area (Å²) in [6.45, 7) is 6.98. The van der Waals surface area contributed by atoms with E-state index in [1.165, 1.54) is 22.0 Å². The van der Waals surface area contributed by atoms with Crippen LogP contribution in [0.25, 0.3) is 10.9 Å². The van der Waals surface area contributed by atoms with Crippen LogP contribution in [-0.2, 0) is 32.7 Å². The van der Waals surface area contributed by atoms with Gasteiger partial charge in [0.15, 0.2) is 0 Å². The Morgan fingerprint density at radius 3 is 2.95 bits per heavy atom. The van der Waals surface area contributed by atoms with Gasteiger partial charge in [-0.3, -0.25) is 4.79 Å².